The molecule has 1 aliphatic rings. The second-order valence-corrected chi connectivity index (χ2v) is 10.7. The summed E-state index contributed by atoms with van der Waals surface area (Å²) in [7, 11) is 0. The number of carbonyl (C=O) groups excluding carboxylic acids is 1. The second-order valence-electron chi connectivity index (χ2n) is 8.64. The highest BCUT2D eigenvalue weighted by Crippen LogP contribution is 2.38. The number of aryl methyl sites for hydroxylation is 1. The van der Waals surface area contributed by atoms with Crippen molar-refractivity contribution in [2.45, 2.75) is 58.4 Å². The van der Waals surface area contributed by atoms with E-state index >= 15 is 0 Å². The molecule has 170 valence electrons. The van der Waals surface area contributed by atoms with Gasteiger partial charge < -0.3 is 9.64 Å². The summed E-state index contributed by atoms with van der Waals surface area (Å²) in [4.78, 5) is 35.0. The van der Waals surface area contributed by atoms with Gasteiger partial charge >= 0.3 is 0 Å². The Kier molecular flexibility index (Phi) is 6.47. The smallest absolute Gasteiger partial charge is 0.267 e. The number of carbonyl (C=O) groups is 1. The Morgan fingerprint density at radius 3 is 2.75 bits per heavy atom. The normalized spacial score (nSPS) is 15.0. The fourth-order valence-electron chi connectivity index (χ4n) is 4.06. The lowest BCUT2D eigenvalue weighted by Gasteiger charge is -2.29. The van der Waals surface area contributed by atoms with Crippen molar-refractivity contribution in [1.82, 2.24) is 14.5 Å². The maximum absolute atomic E-state index is 13.9. The highest BCUT2D eigenvalue weighted by Gasteiger charge is 2.31. The summed E-state index contributed by atoms with van der Waals surface area (Å²) >= 11 is 2.85. The number of aromatic nitrogens is 2. The molecule has 4 rings (SSSR count). The van der Waals surface area contributed by atoms with Crippen LogP contribution in [0.15, 0.2) is 34.2 Å². The number of hydrogen-bond donors (Lipinski definition) is 0. The van der Waals surface area contributed by atoms with Gasteiger partial charge in [-0.3, -0.25) is 14.2 Å². The number of benzene rings is 1. The van der Waals surface area contributed by atoms with E-state index in [2.05, 4.69) is 13.8 Å². The molecule has 0 saturated carbocycles. The average Bonchev–Trinajstić information content (AvgIpc) is 3.09. The van der Waals surface area contributed by atoms with Crippen molar-refractivity contribution in [3.05, 3.63) is 50.6 Å². The number of fused-ring (bicyclic) bond motifs is 3. The molecule has 0 atom stereocenters. The number of amides is 1. The van der Waals surface area contributed by atoms with Gasteiger partial charge in [-0.1, -0.05) is 23.9 Å². The fraction of sp³-hybridized carbons (Fsp3) is 0.458. The Morgan fingerprint density at radius 1 is 1.31 bits per heavy atom. The topological polar surface area (TPSA) is 64.4 Å². The molecule has 1 amide bonds. The zero-order valence-electron chi connectivity index (χ0n) is 19.2. The summed E-state index contributed by atoms with van der Waals surface area (Å²) in [5.41, 5.74) is 2.50. The van der Waals surface area contributed by atoms with Crippen LogP contribution in [0.1, 0.15) is 43.7 Å². The van der Waals surface area contributed by atoms with Gasteiger partial charge in [0.05, 0.1) is 29.0 Å². The third kappa shape index (κ3) is 4.36. The van der Waals surface area contributed by atoms with Crippen LogP contribution in [-0.2, 0) is 22.6 Å². The molecule has 1 aliphatic heterocycles. The van der Waals surface area contributed by atoms with Gasteiger partial charge in [0, 0.05) is 24.4 Å². The molecule has 0 bridgehead atoms. The summed E-state index contributed by atoms with van der Waals surface area (Å²) in [6, 6.07) is 7.85. The molecule has 32 heavy (non-hydrogen) atoms. The maximum Gasteiger partial charge on any atom is 0.267 e. The van der Waals surface area contributed by atoms with E-state index in [0.29, 0.717) is 36.7 Å². The molecule has 6 nitrogen and oxygen atoms in total. The maximum atomic E-state index is 13.9. The zero-order chi connectivity index (χ0) is 23.0. The average molecular weight is 472 g/mol. The van der Waals surface area contributed by atoms with E-state index < -0.39 is 0 Å². The van der Waals surface area contributed by atoms with Crippen molar-refractivity contribution in [2.75, 3.05) is 18.8 Å². The SMILES string of the molecule is CCN(CC)C(=O)CSc1nc2sc3c(c2c(=O)n1-c1cccc(C)c1)CC(C)(C)OC3. The Balaban J connectivity index is 1.86. The van der Waals surface area contributed by atoms with E-state index in [1.807, 2.05) is 45.0 Å². The molecule has 3 aromatic rings. The minimum atomic E-state index is -0.314. The first-order chi connectivity index (χ1) is 15.2. The minimum absolute atomic E-state index is 0.0470. The highest BCUT2D eigenvalue weighted by atomic mass is 32.2. The van der Waals surface area contributed by atoms with Crippen molar-refractivity contribution < 1.29 is 9.53 Å². The van der Waals surface area contributed by atoms with Crippen molar-refractivity contribution in [3.63, 3.8) is 0 Å². The summed E-state index contributed by atoms with van der Waals surface area (Å²) in [5, 5.41) is 1.23. The molecule has 0 radical (unpaired) electrons. The van der Waals surface area contributed by atoms with Crippen LogP contribution in [0.4, 0.5) is 0 Å². The van der Waals surface area contributed by atoms with E-state index in [-0.39, 0.29) is 22.8 Å². The Labute approximate surface area is 196 Å². The van der Waals surface area contributed by atoms with E-state index in [1.54, 1.807) is 9.47 Å². The van der Waals surface area contributed by atoms with Gasteiger partial charge in [0.15, 0.2) is 5.16 Å². The van der Waals surface area contributed by atoms with Gasteiger partial charge in [0.1, 0.15) is 4.83 Å². The van der Waals surface area contributed by atoms with Crippen LogP contribution >= 0.6 is 23.1 Å². The third-order valence-corrected chi connectivity index (χ3v) is 7.80. The molecule has 0 saturated heterocycles. The van der Waals surface area contributed by atoms with Crippen LogP contribution in [-0.4, -0.2) is 44.8 Å². The lowest BCUT2D eigenvalue weighted by Crippen LogP contribution is -2.32. The van der Waals surface area contributed by atoms with Crippen molar-refractivity contribution in [3.8, 4) is 5.69 Å². The molecule has 0 spiro atoms. The second kappa shape index (κ2) is 9.00. The number of nitrogens with zero attached hydrogens (tertiary/aromatic N) is 3. The van der Waals surface area contributed by atoms with Gasteiger partial charge in [0.2, 0.25) is 5.91 Å². The molecular formula is C24H29N3O3S2. The molecule has 0 aliphatic carbocycles. The van der Waals surface area contributed by atoms with Crippen LogP contribution < -0.4 is 5.56 Å². The Hall–Kier alpha value is -2.16. The predicted octanol–water partition coefficient (Wildman–Crippen LogP) is 4.57. The fourth-order valence-corrected chi connectivity index (χ4v) is 6.12. The molecule has 0 unspecified atom stereocenters. The van der Waals surface area contributed by atoms with Crippen molar-refractivity contribution in [1.29, 1.82) is 0 Å². The molecule has 0 fully saturated rings. The van der Waals surface area contributed by atoms with Gasteiger partial charge in [-0.25, -0.2) is 4.98 Å². The van der Waals surface area contributed by atoms with Crippen molar-refractivity contribution >= 4 is 39.2 Å². The van der Waals surface area contributed by atoms with E-state index in [0.717, 1.165) is 26.5 Å². The number of thioether (sulfide) groups is 1. The largest absolute Gasteiger partial charge is 0.370 e. The first-order valence-corrected chi connectivity index (χ1v) is 12.7. The summed E-state index contributed by atoms with van der Waals surface area (Å²) in [5.74, 6) is 0.290. The van der Waals surface area contributed by atoms with Crippen molar-refractivity contribution in [2.24, 2.45) is 0 Å². The summed E-state index contributed by atoms with van der Waals surface area (Å²) < 4.78 is 7.64. The Morgan fingerprint density at radius 2 is 2.06 bits per heavy atom. The van der Waals surface area contributed by atoms with Gasteiger partial charge in [-0.2, -0.15) is 0 Å². The molecule has 2 aromatic heterocycles. The molecular weight excluding hydrogens is 442 g/mol. The number of ether oxygens (including phenoxy) is 1. The summed E-state index contributed by atoms with van der Waals surface area (Å²) in [6.07, 6.45) is 0.681. The van der Waals surface area contributed by atoms with E-state index in [1.165, 1.54) is 23.1 Å². The van der Waals surface area contributed by atoms with Crippen LogP contribution in [0.2, 0.25) is 0 Å². The van der Waals surface area contributed by atoms with Crippen LogP contribution in [0.25, 0.3) is 15.9 Å². The summed E-state index contributed by atoms with van der Waals surface area (Å²) in [6.45, 7) is 11.9. The van der Waals surface area contributed by atoms with Crippen LogP contribution in [0.3, 0.4) is 0 Å². The monoisotopic (exact) mass is 471 g/mol. The highest BCUT2D eigenvalue weighted by molar-refractivity contribution is 7.99. The molecule has 3 heterocycles. The zero-order valence-corrected chi connectivity index (χ0v) is 20.9. The Bertz CT molecular complexity index is 1230. The van der Waals surface area contributed by atoms with Gasteiger partial charge in [-0.05, 0) is 57.9 Å². The predicted molar refractivity (Wildman–Crippen MR) is 131 cm³/mol. The minimum Gasteiger partial charge on any atom is -0.370 e. The van der Waals surface area contributed by atoms with E-state index in [9.17, 15) is 9.59 Å². The quantitative estimate of drug-likeness (QED) is 0.389. The van der Waals surface area contributed by atoms with E-state index in [4.69, 9.17) is 9.72 Å². The van der Waals surface area contributed by atoms with Gasteiger partial charge in [-0.15, -0.1) is 11.3 Å². The standard InChI is InChI=1S/C24H29N3O3S2/c1-6-26(7-2)19(28)14-31-23-25-21-20(17-12-24(4,5)30-13-18(17)32-21)22(29)27(23)16-10-8-9-15(3)11-16/h8-11H,6-7,12-14H2,1-5H3. The molecule has 0 N–H and O–H groups in total. The molecule has 1 aromatic carbocycles. The first-order valence-electron chi connectivity index (χ1n) is 10.9. The van der Waals surface area contributed by atoms with Crippen LogP contribution in [0, 0.1) is 6.92 Å². The lowest BCUT2D eigenvalue weighted by atomic mass is 9.94. The third-order valence-electron chi connectivity index (χ3n) is 5.77. The molecule has 8 heteroatoms. The van der Waals surface area contributed by atoms with Gasteiger partial charge in [0.25, 0.3) is 5.56 Å². The lowest BCUT2D eigenvalue weighted by molar-refractivity contribution is -0.127. The number of thiophene rings is 1. The number of hydrogen-bond acceptors (Lipinski definition) is 6. The number of rotatable bonds is 6. The van der Waals surface area contributed by atoms with Crippen LogP contribution in [0.5, 0.6) is 0 Å². The first kappa shape index (κ1) is 23.0.